The zero-order chi connectivity index (χ0) is 21.0. The molecule has 0 radical (unpaired) electrons. The molecule has 1 saturated heterocycles. The molecule has 0 aromatic carbocycles. The van der Waals surface area contributed by atoms with E-state index in [9.17, 15) is 5.11 Å². The van der Waals surface area contributed by atoms with Gasteiger partial charge in [0, 0.05) is 18.8 Å². The highest BCUT2D eigenvalue weighted by molar-refractivity contribution is 5.73. The van der Waals surface area contributed by atoms with Crippen LogP contribution in [-0.4, -0.2) is 55.2 Å². The predicted octanol–water partition coefficient (Wildman–Crippen LogP) is 2.41. The monoisotopic (exact) mass is 408 g/mol. The number of aromatic nitrogens is 5. The number of aryl methyl sites for hydroxylation is 3. The number of fused-ring (bicyclic) bond motifs is 2. The van der Waals surface area contributed by atoms with Crippen molar-refractivity contribution in [2.24, 2.45) is 11.8 Å². The van der Waals surface area contributed by atoms with E-state index in [4.69, 9.17) is 4.74 Å². The first-order valence-corrected chi connectivity index (χ1v) is 10.6. The lowest BCUT2D eigenvalue weighted by atomic mass is 9.78. The average molecular weight is 409 g/mol. The summed E-state index contributed by atoms with van der Waals surface area (Å²) in [7, 11) is 0. The first-order valence-electron chi connectivity index (χ1n) is 10.6. The zero-order valence-corrected chi connectivity index (χ0v) is 17.9. The molecule has 3 aromatic heterocycles. The van der Waals surface area contributed by atoms with Crippen LogP contribution in [0.15, 0.2) is 18.5 Å². The fraction of sp³-hybridized carbons (Fsp3) is 0.545. The Morgan fingerprint density at radius 2 is 1.80 bits per heavy atom. The fourth-order valence-electron chi connectivity index (χ4n) is 5.07. The number of aliphatic hydroxyl groups is 1. The number of ether oxygens (including phenoxy) is 1. The van der Waals surface area contributed by atoms with Crippen LogP contribution < -0.4 is 9.64 Å². The van der Waals surface area contributed by atoms with E-state index in [2.05, 4.69) is 32.1 Å². The maximum atomic E-state index is 10.8. The minimum atomic E-state index is -0.472. The van der Waals surface area contributed by atoms with Crippen LogP contribution in [0.4, 0.5) is 5.69 Å². The average Bonchev–Trinajstić information content (AvgIpc) is 3.31. The molecule has 2 fully saturated rings. The molecule has 158 valence electrons. The third-order valence-electron chi connectivity index (χ3n) is 6.75. The van der Waals surface area contributed by atoms with Crippen LogP contribution in [0.25, 0.3) is 5.65 Å². The van der Waals surface area contributed by atoms with E-state index in [0.717, 1.165) is 65.7 Å². The number of nitrogens with zero attached hydrogens (tertiary/aromatic N) is 6. The van der Waals surface area contributed by atoms with Gasteiger partial charge in [-0.1, -0.05) is 0 Å². The van der Waals surface area contributed by atoms with Crippen LogP contribution >= 0.6 is 0 Å². The van der Waals surface area contributed by atoms with Crippen molar-refractivity contribution < 1.29 is 9.84 Å². The highest BCUT2D eigenvalue weighted by atomic mass is 16.5. The zero-order valence-electron chi connectivity index (χ0n) is 17.9. The van der Waals surface area contributed by atoms with E-state index in [1.807, 2.05) is 32.9 Å². The normalized spacial score (nSPS) is 26.2. The topological polar surface area (TPSA) is 88.7 Å². The number of hydrogen-bond acceptors (Lipinski definition) is 7. The summed E-state index contributed by atoms with van der Waals surface area (Å²) < 4.78 is 7.99. The third kappa shape index (κ3) is 3.19. The number of anilines is 1. The third-order valence-corrected chi connectivity index (χ3v) is 6.75. The molecule has 1 aliphatic heterocycles. The second-order valence-corrected chi connectivity index (χ2v) is 8.81. The molecule has 0 spiro atoms. The first-order chi connectivity index (χ1) is 14.4. The molecule has 5 rings (SSSR count). The van der Waals surface area contributed by atoms with Gasteiger partial charge >= 0.3 is 0 Å². The van der Waals surface area contributed by atoms with Crippen LogP contribution in [0.2, 0.25) is 0 Å². The van der Waals surface area contributed by atoms with Crippen LogP contribution in [0, 0.1) is 39.5 Å². The van der Waals surface area contributed by atoms with Gasteiger partial charge in [0.1, 0.15) is 18.2 Å². The van der Waals surface area contributed by atoms with Crippen molar-refractivity contribution in [3.8, 4) is 5.75 Å². The highest BCUT2D eigenvalue weighted by Gasteiger charge is 2.43. The Labute approximate surface area is 175 Å². The fourth-order valence-corrected chi connectivity index (χ4v) is 5.07. The smallest absolute Gasteiger partial charge is 0.201 e. The van der Waals surface area contributed by atoms with Crippen molar-refractivity contribution in [1.82, 2.24) is 24.8 Å². The van der Waals surface area contributed by atoms with Gasteiger partial charge in [-0.3, -0.25) is 4.98 Å². The maximum absolute atomic E-state index is 10.8. The second kappa shape index (κ2) is 7.19. The molecule has 1 saturated carbocycles. The van der Waals surface area contributed by atoms with E-state index in [0.29, 0.717) is 11.8 Å². The molecule has 0 unspecified atom stereocenters. The van der Waals surface area contributed by atoms with Crippen molar-refractivity contribution in [2.45, 2.75) is 52.7 Å². The molecule has 0 amide bonds. The summed E-state index contributed by atoms with van der Waals surface area (Å²) in [6.07, 6.45) is 2.56. The van der Waals surface area contributed by atoms with Gasteiger partial charge in [-0.05, 0) is 70.1 Å². The van der Waals surface area contributed by atoms with Crippen molar-refractivity contribution in [1.29, 1.82) is 0 Å². The predicted molar refractivity (Wildman–Crippen MR) is 113 cm³/mol. The van der Waals surface area contributed by atoms with Crippen LogP contribution in [0.3, 0.4) is 0 Å². The minimum Gasteiger partial charge on any atom is -0.486 e. The Balaban J connectivity index is 1.38. The standard InChI is InChI=1S/C22H28N6O2/c1-12-5-6-19(15(4)24-12)30-20-8-17-10-27(9-16(17)7-18(20)29)21-13(2)14(3)26-28-11-23-25-22(21)28/h5-6,11,16-18,20,29H,7-10H2,1-4H3/t16-,17+,18+,20+/m0/s1. The Bertz CT molecular complexity index is 1100. The maximum Gasteiger partial charge on any atom is 0.201 e. The summed E-state index contributed by atoms with van der Waals surface area (Å²) in [6, 6.07) is 3.92. The Morgan fingerprint density at radius 1 is 1.03 bits per heavy atom. The number of rotatable bonds is 3. The molecule has 3 aromatic rings. The lowest BCUT2D eigenvalue weighted by Crippen LogP contribution is -2.42. The minimum absolute atomic E-state index is 0.206. The SMILES string of the molecule is Cc1ccc(O[C@@H]2C[C@@H]3CN(c4c(C)c(C)nn5cnnc45)C[C@@H]3C[C@H]2O)c(C)n1. The summed E-state index contributed by atoms with van der Waals surface area (Å²) in [4.78, 5) is 6.89. The lowest BCUT2D eigenvalue weighted by Gasteiger charge is -2.35. The number of hydrogen-bond donors (Lipinski definition) is 1. The molecule has 1 N–H and O–H groups in total. The summed E-state index contributed by atoms with van der Waals surface area (Å²) >= 11 is 0. The van der Waals surface area contributed by atoms with Gasteiger partial charge in [-0.25, -0.2) is 0 Å². The van der Waals surface area contributed by atoms with Crippen molar-refractivity contribution in [3.05, 3.63) is 41.1 Å². The first kappa shape index (κ1) is 19.2. The summed E-state index contributed by atoms with van der Waals surface area (Å²) in [5, 5.41) is 23.7. The molecule has 4 atom stereocenters. The molecular formula is C22H28N6O2. The Kier molecular flexibility index (Phi) is 4.61. The van der Waals surface area contributed by atoms with E-state index in [1.165, 1.54) is 0 Å². The van der Waals surface area contributed by atoms with Crippen molar-refractivity contribution in [3.63, 3.8) is 0 Å². The molecular weight excluding hydrogens is 380 g/mol. The Hall–Kier alpha value is -2.74. The van der Waals surface area contributed by atoms with Crippen molar-refractivity contribution >= 4 is 11.3 Å². The van der Waals surface area contributed by atoms with Crippen LogP contribution in [0.1, 0.15) is 35.5 Å². The van der Waals surface area contributed by atoms with E-state index < -0.39 is 6.10 Å². The molecule has 8 heteroatoms. The molecule has 4 heterocycles. The van der Waals surface area contributed by atoms with Gasteiger partial charge in [0.25, 0.3) is 0 Å². The summed E-state index contributed by atoms with van der Waals surface area (Å²) in [5.41, 5.74) is 5.87. The molecule has 30 heavy (non-hydrogen) atoms. The number of pyridine rings is 1. The molecule has 0 bridgehead atoms. The lowest BCUT2D eigenvalue weighted by molar-refractivity contribution is -0.0236. The summed E-state index contributed by atoms with van der Waals surface area (Å²) in [5.74, 6) is 1.67. The molecule has 2 aliphatic rings. The van der Waals surface area contributed by atoms with Gasteiger partial charge in [0.2, 0.25) is 5.65 Å². The van der Waals surface area contributed by atoms with Crippen LogP contribution in [0.5, 0.6) is 5.75 Å². The number of aliphatic hydroxyl groups excluding tert-OH is 1. The van der Waals surface area contributed by atoms with E-state index >= 15 is 0 Å². The summed E-state index contributed by atoms with van der Waals surface area (Å²) in [6.45, 7) is 9.88. The van der Waals surface area contributed by atoms with E-state index in [1.54, 1.807) is 10.8 Å². The molecule has 1 aliphatic carbocycles. The van der Waals surface area contributed by atoms with Crippen LogP contribution in [-0.2, 0) is 0 Å². The van der Waals surface area contributed by atoms with Gasteiger partial charge < -0.3 is 14.7 Å². The second-order valence-electron chi connectivity index (χ2n) is 8.81. The van der Waals surface area contributed by atoms with E-state index in [-0.39, 0.29) is 6.10 Å². The Morgan fingerprint density at radius 3 is 2.57 bits per heavy atom. The van der Waals surface area contributed by atoms with Gasteiger partial charge in [-0.15, -0.1) is 10.2 Å². The van der Waals surface area contributed by atoms with Crippen molar-refractivity contribution in [2.75, 3.05) is 18.0 Å². The van der Waals surface area contributed by atoms with Gasteiger partial charge in [-0.2, -0.15) is 9.61 Å². The quantitative estimate of drug-likeness (QED) is 0.712. The van der Waals surface area contributed by atoms with Gasteiger partial charge in [0.15, 0.2) is 0 Å². The van der Waals surface area contributed by atoms with Gasteiger partial charge in [0.05, 0.1) is 23.2 Å². The largest absolute Gasteiger partial charge is 0.486 e. The molecule has 8 nitrogen and oxygen atoms in total. The highest BCUT2D eigenvalue weighted by Crippen LogP contribution is 2.41.